The smallest absolute Gasteiger partial charge is 0.259 e. The fourth-order valence-electron chi connectivity index (χ4n) is 2.83. The Labute approximate surface area is 156 Å². The Kier molecular flexibility index (Phi) is 5.72. The molecule has 0 atom stereocenters. The van der Waals surface area contributed by atoms with Gasteiger partial charge in [-0.1, -0.05) is 24.3 Å². The van der Waals surface area contributed by atoms with Crippen molar-refractivity contribution in [3.8, 4) is 5.75 Å². The predicted octanol–water partition coefficient (Wildman–Crippen LogP) is 4.36. The summed E-state index contributed by atoms with van der Waals surface area (Å²) >= 11 is 0. The largest absolute Gasteiger partial charge is 0.507 e. The van der Waals surface area contributed by atoms with Crippen molar-refractivity contribution in [2.24, 2.45) is 0 Å². The number of anilines is 1. The summed E-state index contributed by atoms with van der Waals surface area (Å²) in [6.07, 6.45) is 0. The normalized spacial score (nSPS) is 10.1. The van der Waals surface area contributed by atoms with Crippen molar-refractivity contribution >= 4 is 33.9 Å². The van der Waals surface area contributed by atoms with Gasteiger partial charge in [0.05, 0.1) is 5.56 Å². The predicted molar refractivity (Wildman–Crippen MR) is 105 cm³/mol. The molecule has 0 aliphatic carbocycles. The minimum absolute atomic E-state index is 0. The summed E-state index contributed by atoms with van der Waals surface area (Å²) in [7, 11) is 0. The van der Waals surface area contributed by atoms with Gasteiger partial charge >= 0.3 is 0 Å². The molecule has 0 radical (unpaired) electrons. The number of nitrogens with one attached hydrogen (secondary N) is 1. The highest BCUT2D eigenvalue weighted by molar-refractivity contribution is 6.11. The lowest BCUT2D eigenvalue weighted by atomic mass is 10.0. The minimum Gasteiger partial charge on any atom is -0.507 e. The monoisotopic (exact) mass is 364 g/mol. The third-order valence-corrected chi connectivity index (χ3v) is 4.14. The van der Waals surface area contributed by atoms with E-state index in [-0.39, 0.29) is 34.6 Å². The maximum atomic E-state index is 12.6. The third-order valence-electron chi connectivity index (χ3n) is 4.14. The van der Waals surface area contributed by atoms with E-state index >= 15 is 0 Å². The summed E-state index contributed by atoms with van der Waals surface area (Å²) in [4.78, 5) is 36.0. The molecule has 6 nitrogen and oxygen atoms in total. The Morgan fingerprint density at radius 3 is 1.96 bits per heavy atom. The molecule has 0 bridgehead atoms. The molecule has 0 saturated carbocycles. The van der Waals surface area contributed by atoms with Gasteiger partial charge in [0.15, 0.2) is 11.6 Å². The number of Topliss-reactive ketones (excluding diaryl/α,β-unsaturated/α-hetero) is 2. The van der Waals surface area contributed by atoms with Gasteiger partial charge in [0.25, 0.3) is 5.91 Å². The number of hydrogen-bond acceptors (Lipinski definition) is 5. The van der Waals surface area contributed by atoms with Crippen LogP contribution in [-0.4, -0.2) is 22.6 Å². The van der Waals surface area contributed by atoms with Crippen molar-refractivity contribution in [3.05, 3.63) is 71.3 Å². The zero-order valence-corrected chi connectivity index (χ0v) is 15.1. The number of phenolic OH excluding ortho intramolecular Hbond substituents is 1. The second kappa shape index (κ2) is 7.80. The van der Waals surface area contributed by atoms with Crippen molar-refractivity contribution in [2.75, 3.05) is 5.32 Å². The van der Waals surface area contributed by atoms with E-state index in [1.165, 1.54) is 32.0 Å². The second-order valence-electron chi connectivity index (χ2n) is 6.04. The molecule has 3 rings (SSSR count). The number of aromatic hydroxyl groups is 1. The van der Waals surface area contributed by atoms with Crippen LogP contribution < -0.4 is 11.5 Å². The molecule has 27 heavy (non-hydrogen) atoms. The summed E-state index contributed by atoms with van der Waals surface area (Å²) in [6, 6.07) is 15.1. The van der Waals surface area contributed by atoms with Gasteiger partial charge in [0.1, 0.15) is 5.75 Å². The number of phenols is 1. The second-order valence-corrected chi connectivity index (χ2v) is 6.04. The van der Waals surface area contributed by atoms with E-state index in [0.717, 1.165) is 10.8 Å². The molecule has 1 amide bonds. The van der Waals surface area contributed by atoms with Gasteiger partial charge in [0.2, 0.25) is 0 Å². The van der Waals surface area contributed by atoms with Crippen LogP contribution in [0.3, 0.4) is 0 Å². The van der Waals surface area contributed by atoms with Crippen LogP contribution in [-0.2, 0) is 0 Å². The highest BCUT2D eigenvalue weighted by atomic mass is 16.3. The van der Waals surface area contributed by atoms with Crippen LogP contribution in [0.25, 0.3) is 10.8 Å². The van der Waals surface area contributed by atoms with E-state index in [9.17, 15) is 19.5 Å². The molecule has 138 valence electrons. The Morgan fingerprint density at radius 2 is 1.37 bits per heavy atom. The van der Waals surface area contributed by atoms with Crippen LogP contribution in [0.1, 0.15) is 44.9 Å². The van der Waals surface area contributed by atoms with E-state index in [0.29, 0.717) is 11.3 Å². The van der Waals surface area contributed by atoms with Crippen molar-refractivity contribution < 1.29 is 19.5 Å². The summed E-state index contributed by atoms with van der Waals surface area (Å²) in [5.41, 5.74) is 1.06. The van der Waals surface area contributed by atoms with Gasteiger partial charge in [-0.05, 0) is 55.0 Å². The topological polar surface area (TPSA) is 118 Å². The van der Waals surface area contributed by atoms with Crippen LogP contribution in [0.2, 0.25) is 0 Å². The summed E-state index contributed by atoms with van der Waals surface area (Å²) in [5, 5.41) is 14.5. The molecule has 0 heterocycles. The number of carbonyl (C=O) groups is 3. The highest BCUT2D eigenvalue weighted by Crippen LogP contribution is 2.26. The minimum atomic E-state index is -0.502. The lowest BCUT2D eigenvalue weighted by molar-refractivity contribution is 0.0980. The zero-order valence-electron chi connectivity index (χ0n) is 15.1. The maximum Gasteiger partial charge on any atom is 0.259 e. The Morgan fingerprint density at radius 1 is 0.778 bits per heavy atom. The quantitative estimate of drug-likeness (QED) is 0.594. The first-order valence-corrected chi connectivity index (χ1v) is 8.06. The van der Waals surface area contributed by atoms with Gasteiger partial charge in [-0.25, -0.2) is 0 Å². The molecule has 0 aliphatic heterocycles. The van der Waals surface area contributed by atoms with Gasteiger partial charge in [-0.3, -0.25) is 14.4 Å². The lowest BCUT2D eigenvalue weighted by Crippen LogP contribution is -2.13. The van der Waals surface area contributed by atoms with Gasteiger partial charge < -0.3 is 16.6 Å². The number of fused-ring (bicyclic) bond motifs is 1. The van der Waals surface area contributed by atoms with Crippen molar-refractivity contribution in [1.82, 2.24) is 6.15 Å². The average Bonchev–Trinajstić information content (AvgIpc) is 2.60. The van der Waals surface area contributed by atoms with Crippen LogP contribution in [0.5, 0.6) is 5.75 Å². The maximum absolute atomic E-state index is 12.6. The summed E-state index contributed by atoms with van der Waals surface area (Å²) in [6.45, 7) is 2.75. The van der Waals surface area contributed by atoms with E-state index in [2.05, 4.69) is 5.32 Å². The number of amides is 1. The van der Waals surface area contributed by atoms with Crippen LogP contribution >= 0.6 is 0 Å². The van der Waals surface area contributed by atoms with Crippen molar-refractivity contribution in [3.63, 3.8) is 0 Å². The van der Waals surface area contributed by atoms with E-state index in [1.54, 1.807) is 12.1 Å². The van der Waals surface area contributed by atoms with Crippen LogP contribution in [0.15, 0.2) is 54.6 Å². The first kappa shape index (κ1) is 19.8. The number of hydrogen-bond donors (Lipinski definition) is 3. The molecular weight excluding hydrogens is 344 g/mol. The van der Waals surface area contributed by atoms with Gasteiger partial charge in [-0.2, -0.15) is 0 Å². The van der Waals surface area contributed by atoms with Crippen molar-refractivity contribution in [1.29, 1.82) is 0 Å². The molecule has 0 saturated heterocycles. The SMILES string of the molecule is CC(=O)c1ccc(NC(=O)c2cc3ccccc3cc2O)cc1C(C)=O.N. The zero-order chi connectivity index (χ0) is 18.8. The first-order chi connectivity index (χ1) is 12.4. The first-order valence-electron chi connectivity index (χ1n) is 8.06. The Bertz CT molecular complexity index is 1060. The number of rotatable bonds is 4. The standard InChI is InChI=1S/C21H17NO4.H3N/c1-12(23)17-8-7-16(11-18(17)13(2)24)22-21(26)19-9-14-5-3-4-6-15(14)10-20(19)25;/h3-11,25H,1-2H3,(H,22,26);1H3. The molecular formula is C21H20N2O4. The number of carbonyl (C=O) groups excluding carboxylic acids is 3. The summed E-state index contributed by atoms with van der Waals surface area (Å²) < 4.78 is 0. The lowest BCUT2D eigenvalue weighted by Gasteiger charge is -2.11. The molecule has 0 aromatic heterocycles. The average molecular weight is 364 g/mol. The molecule has 0 fully saturated rings. The van der Waals surface area contributed by atoms with Crippen LogP contribution in [0.4, 0.5) is 5.69 Å². The highest BCUT2D eigenvalue weighted by Gasteiger charge is 2.16. The fourth-order valence-corrected chi connectivity index (χ4v) is 2.83. The Balaban J connectivity index is 0.00000261. The molecule has 3 aromatic carbocycles. The Hall–Kier alpha value is -3.51. The van der Waals surface area contributed by atoms with E-state index in [4.69, 9.17) is 0 Å². The molecule has 6 heteroatoms. The number of ketones is 2. The molecule has 0 unspecified atom stereocenters. The van der Waals surface area contributed by atoms with E-state index < -0.39 is 5.91 Å². The molecule has 3 aromatic rings. The van der Waals surface area contributed by atoms with Gasteiger partial charge in [0, 0.05) is 16.8 Å². The van der Waals surface area contributed by atoms with Crippen LogP contribution in [0, 0.1) is 0 Å². The molecule has 5 N–H and O–H groups in total. The fraction of sp³-hybridized carbons (Fsp3) is 0.0952. The van der Waals surface area contributed by atoms with Gasteiger partial charge in [-0.15, -0.1) is 0 Å². The van der Waals surface area contributed by atoms with Crippen molar-refractivity contribution in [2.45, 2.75) is 13.8 Å². The third kappa shape index (κ3) is 4.02. The molecule has 0 spiro atoms. The number of benzene rings is 3. The summed E-state index contributed by atoms with van der Waals surface area (Å²) in [5.74, 6) is -1.12. The van der Waals surface area contributed by atoms with E-state index in [1.807, 2.05) is 24.3 Å². The molecule has 0 aliphatic rings.